The summed E-state index contributed by atoms with van der Waals surface area (Å²) in [5.41, 5.74) is 1.37. The summed E-state index contributed by atoms with van der Waals surface area (Å²) in [5, 5.41) is 10.2. The van der Waals surface area contributed by atoms with Gasteiger partial charge in [-0.1, -0.05) is 41.4 Å². The zero-order chi connectivity index (χ0) is 17.5. The summed E-state index contributed by atoms with van der Waals surface area (Å²) < 4.78 is 0. The SMILES string of the molecule is O=C(/C=C/c1ccc(O)cc1)CC(=O)/C=C/c1cc(Cl)ccc1Cl. The first-order valence-electron chi connectivity index (χ1n) is 7.10. The van der Waals surface area contributed by atoms with E-state index in [-0.39, 0.29) is 23.7 Å². The van der Waals surface area contributed by atoms with E-state index in [1.807, 2.05) is 0 Å². The predicted molar refractivity (Wildman–Crippen MR) is 97.3 cm³/mol. The minimum absolute atomic E-state index is 0.151. The van der Waals surface area contributed by atoms with Crippen molar-refractivity contribution in [3.8, 4) is 5.75 Å². The molecule has 0 aliphatic heterocycles. The lowest BCUT2D eigenvalue weighted by molar-refractivity contribution is -0.121. The second-order valence-electron chi connectivity index (χ2n) is 5.03. The number of carbonyl (C=O) groups is 2. The number of aromatic hydroxyl groups is 1. The summed E-state index contributed by atoms with van der Waals surface area (Å²) in [7, 11) is 0. The van der Waals surface area contributed by atoms with Crippen LogP contribution in [0.2, 0.25) is 10.0 Å². The third kappa shape index (κ3) is 5.69. The van der Waals surface area contributed by atoms with E-state index in [0.29, 0.717) is 15.6 Å². The van der Waals surface area contributed by atoms with Crippen molar-refractivity contribution in [1.29, 1.82) is 0 Å². The first-order chi connectivity index (χ1) is 11.4. The van der Waals surface area contributed by atoms with Crippen LogP contribution in [0.4, 0.5) is 0 Å². The van der Waals surface area contributed by atoms with Crippen LogP contribution >= 0.6 is 23.2 Å². The molecule has 2 aromatic rings. The fourth-order valence-electron chi connectivity index (χ4n) is 1.89. The number of phenolic OH excluding ortho intramolecular Hbond substituents is 1. The minimum Gasteiger partial charge on any atom is -0.508 e. The maximum atomic E-state index is 11.8. The van der Waals surface area contributed by atoms with Crippen molar-refractivity contribution in [3.63, 3.8) is 0 Å². The van der Waals surface area contributed by atoms with Gasteiger partial charge in [0.15, 0.2) is 11.6 Å². The Balaban J connectivity index is 1.94. The fraction of sp³-hybridized carbons (Fsp3) is 0.0526. The molecular formula is C19H14Cl2O3. The molecule has 24 heavy (non-hydrogen) atoms. The van der Waals surface area contributed by atoms with Crippen LogP contribution < -0.4 is 0 Å². The van der Waals surface area contributed by atoms with Crippen molar-refractivity contribution in [2.45, 2.75) is 6.42 Å². The Morgan fingerprint density at radius 2 is 1.54 bits per heavy atom. The molecule has 0 heterocycles. The maximum Gasteiger partial charge on any atom is 0.163 e. The van der Waals surface area contributed by atoms with E-state index in [9.17, 15) is 14.7 Å². The molecule has 122 valence electrons. The number of allylic oxidation sites excluding steroid dienone is 2. The lowest BCUT2D eigenvalue weighted by Crippen LogP contribution is -2.01. The van der Waals surface area contributed by atoms with Crippen molar-refractivity contribution in [3.05, 3.63) is 75.8 Å². The smallest absolute Gasteiger partial charge is 0.163 e. The van der Waals surface area contributed by atoms with Crippen LogP contribution in [-0.4, -0.2) is 16.7 Å². The Morgan fingerprint density at radius 3 is 2.21 bits per heavy atom. The molecule has 0 aliphatic rings. The summed E-state index contributed by atoms with van der Waals surface area (Å²) in [6.45, 7) is 0. The van der Waals surface area contributed by atoms with E-state index < -0.39 is 0 Å². The van der Waals surface area contributed by atoms with Crippen molar-refractivity contribution in [1.82, 2.24) is 0 Å². The molecule has 0 aromatic heterocycles. The molecule has 1 N–H and O–H groups in total. The van der Waals surface area contributed by atoms with Gasteiger partial charge in [0.1, 0.15) is 5.75 Å². The van der Waals surface area contributed by atoms with E-state index in [4.69, 9.17) is 23.2 Å². The van der Waals surface area contributed by atoms with Crippen LogP contribution in [0.5, 0.6) is 5.75 Å². The van der Waals surface area contributed by atoms with E-state index in [0.717, 1.165) is 5.56 Å². The van der Waals surface area contributed by atoms with Gasteiger partial charge in [0.25, 0.3) is 0 Å². The maximum absolute atomic E-state index is 11.8. The molecule has 3 nitrogen and oxygen atoms in total. The average Bonchev–Trinajstić information content (AvgIpc) is 2.55. The molecule has 0 atom stereocenters. The minimum atomic E-state index is -0.327. The third-order valence-electron chi connectivity index (χ3n) is 3.11. The number of ketones is 2. The van der Waals surface area contributed by atoms with Gasteiger partial charge in [-0.25, -0.2) is 0 Å². The third-order valence-corrected chi connectivity index (χ3v) is 3.69. The Kier molecular flexibility index (Phi) is 6.36. The number of phenols is 1. The van der Waals surface area contributed by atoms with Gasteiger partial charge in [-0.2, -0.15) is 0 Å². The van der Waals surface area contributed by atoms with Crippen molar-refractivity contribution in [2.75, 3.05) is 0 Å². The number of rotatable bonds is 6. The van der Waals surface area contributed by atoms with E-state index in [1.54, 1.807) is 36.4 Å². The van der Waals surface area contributed by atoms with E-state index in [1.165, 1.54) is 30.4 Å². The summed E-state index contributed by atoms with van der Waals surface area (Å²) >= 11 is 11.9. The summed E-state index contributed by atoms with van der Waals surface area (Å²) in [5.74, 6) is -0.486. The van der Waals surface area contributed by atoms with Crippen LogP contribution in [0, 0.1) is 0 Å². The Labute approximate surface area is 149 Å². The van der Waals surface area contributed by atoms with Gasteiger partial charge in [0.05, 0.1) is 6.42 Å². The summed E-state index contributed by atoms with van der Waals surface area (Å²) in [6, 6.07) is 11.3. The quantitative estimate of drug-likeness (QED) is 0.585. The largest absolute Gasteiger partial charge is 0.508 e. The average molecular weight is 361 g/mol. The number of benzene rings is 2. The van der Waals surface area contributed by atoms with Crippen molar-refractivity contribution in [2.24, 2.45) is 0 Å². The number of hydrogen-bond donors (Lipinski definition) is 1. The highest BCUT2D eigenvalue weighted by Crippen LogP contribution is 2.21. The highest BCUT2D eigenvalue weighted by Gasteiger charge is 2.04. The highest BCUT2D eigenvalue weighted by molar-refractivity contribution is 6.34. The van der Waals surface area contributed by atoms with Crippen molar-refractivity contribution >= 4 is 46.9 Å². The van der Waals surface area contributed by atoms with Gasteiger partial charge in [0.2, 0.25) is 0 Å². The lowest BCUT2D eigenvalue weighted by atomic mass is 10.1. The summed E-state index contributed by atoms with van der Waals surface area (Å²) in [6.07, 6.45) is 5.54. The van der Waals surface area contributed by atoms with Gasteiger partial charge in [-0.05, 0) is 59.7 Å². The number of carbonyl (C=O) groups excluding carboxylic acids is 2. The van der Waals surface area contributed by atoms with Gasteiger partial charge in [0, 0.05) is 10.0 Å². The molecule has 0 saturated heterocycles. The Bertz CT molecular complexity index is 806. The van der Waals surface area contributed by atoms with Gasteiger partial charge in [-0.3, -0.25) is 9.59 Å². The number of halogens is 2. The lowest BCUT2D eigenvalue weighted by Gasteiger charge is -1.98. The summed E-state index contributed by atoms with van der Waals surface area (Å²) in [4.78, 5) is 23.6. The van der Waals surface area contributed by atoms with Crippen LogP contribution in [0.3, 0.4) is 0 Å². The second-order valence-corrected chi connectivity index (χ2v) is 5.88. The topological polar surface area (TPSA) is 54.4 Å². The molecule has 0 radical (unpaired) electrons. The highest BCUT2D eigenvalue weighted by atomic mass is 35.5. The van der Waals surface area contributed by atoms with Crippen LogP contribution in [0.1, 0.15) is 17.5 Å². The molecule has 0 unspecified atom stereocenters. The van der Waals surface area contributed by atoms with Gasteiger partial charge >= 0.3 is 0 Å². The molecule has 2 rings (SSSR count). The molecule has 0 spiro atoms. The monoisotopic (exact) mass is 360 g/mol. The molecule has 0 bridgehead atoms. The fourth-order valence-corrected chi connectivity index (χ4v) is 2.25. The Morgan fingerprint density at radius 1 is 0.917 bits per heavy atom. The second kappa shape index (κ2) is 8.48. The zero-order valence-corrected chi connectivity index (χ0v) is 14.1. The number of hydrogen-bond acceptors (Lipinski definition) is 3. The molecule has 0 aliphatic carbocycles. The zero-order valence-electron chi connectivity index (χ0n) is 12.6. The normalized spacial score (nSPS) is 11.2. The van der Waals surface area contributed by atoms with Crippen LogP contribution in [0.15, 0.2) is 54.6 Å². The molecule has 5 heteroatoms. The van der Waals surface area contributed by atoms with Gasteiger partial charge in [-0.15, -0.1) is 0 Å². The Hall–Kier alpha value is -2.36. The standard InChI is InChI=1S/C19H14Cl2O3/c20-15-5-10-19(21)14(11-15)4-9-18(24)12-17(23)8-3-13-1-6-16(22)7-2-13/h1-11,22H,12H2/b8-3+,9-4+. The van der Waals surface area contributed by atoms with Crippen molar-refractivity contribution < 1.29 is 14.7 Å². The van der Waals surface area contributed by atoms with E-state index >= 15 is 0 Å². The van der Waals surface area contributed by atoms with E-state index in [2.05, 4.69) is 0 Å². The first-order valence-corrected chi connectivity index (χ1v) is 7.85. The van der Waals surface area contributed by atoms with Crippen LogP contribution in [-0.2, 0) is 9.59 Å². The molecule has 0 amide bonds. The molecule has 2 aromatic carbocycles. The molecular weight excluding hydrogens is 347 g/mol. The molecule has 0 saturated carbocycles. The molecule has 0 fully saturated rings. The van der Waals surface area contributed by atoms with Gasteiger partial charge < -0.3 is 5.11 Å². The first kappa shape index (κ1) is 18.0. The predicted octanol–water partition coefficient (Wildman–Crippen LogP) is 4.95. The van der Waals surface area contributed by atoms with Crippen LogP contribution in [0.25, 0.3) is 12.2 Å².